The number of piperidine rings is 1. The molecule has 0 aromatic rings. The minimum atomic E-state index is -0.359. The maximum atomic E-state index is 13.3. The van der Waals surface area contributed by atoms with E-state index in [1.807, 2.05) is 9.80 Å². The molecule has 27 heavy (non-hydrogen) atoms. The van der Waals surface area contributed by atoms with E-state index in [1.165, 1.54) is 0 Å². The van der Waals surface area contributed by atoms with Crippen molar-refractivity contribution in [3.05, 3.63) is 0 Å². The summed E-state index contributed by atoms with van der Waals surface area (Å²) >= 11 is 0. The fourth-order valence-electron chi connectivity index (χ4n) is 4.23. The van der Waals surface area contributed by atoms with Gasteiger partial charge in [-0.1, -0.05) is 27.7 Å². The summed E-state index contributed by atoms with van der Waals surface area (Å²) in [6.07, 6.45) is 3.86. The molecule has 0 bridgehead atoms. The summed E-state index contributed by atoms with van der Waals surface area (Å²) in [6, 6.07) is 1.71. The predicted octanol–water partition coefficient (Wildman–Crippen LogP) is 2.40. The highest BCUT2D eigenvalue weighted by atomic mass is 16.2. The van der Waals surface area contributed by atoms with E-state index < -0.39 is 0 Å². The molecule has 0 saturated carbocycles. The first-order chi connectivity index (χ1) is 12.8. The molecule has 2 aliphatic rings. The van der Waals surface area contributed by atoms with E-state index in [4.69, 9.17) is 5.26 Å². The molecule has 0 radical (unpaired) electrons. The molecule has 2 fully saturated rings. The van der Waals surface area contributed by atoms with Crippen LogP contribution in [0.4, 0.5) is 0 Å². The first kappa shape index (κ1) is 21.7. The van der Waals surface area contributed by atoms with Gasteiger partial charge in [-0.3, -0.25) is 9.59 Å². The molecule has 2 atom stereocenters. The van der Waals surface area contributed by atoms with Crippen molar-refractivity contribution >= 4 is 11.8 Å². The average Bonchev–Trinajstić information content (AvgIpc) is 2.61. The molecular weight excluding hydrogens is 340 g/mol. The second kappa shape index (κ2) is 10.1. The van der Waals surface area contributed by atoms with Crippen LogP contribution in [0.1, 0.15) is 59.8 Å². The standard InChI is InChI=1S/C21H36N4O2/c1-15(2)13-18-20(26)25(12-9-23-18)19(14-16(3)4)21(27)24-10-6-17(5-8-22)7-11-24/h15-19,23H,5-7,9-14H2,1-4H3. The van der Waals surface area contributed by atoms with Crippen LogP contribution in [0.25, 0.3) is 0 Å². The minimum absolute atomic E-state index is 0.0771. The SMILES string of the molecule is CC(C)CC1NCCN(C(CC(C)C)C(=O)N2CCC(CC#N)CC2)C1=O. The van der Waals surface area contributed by atoms with Crippen molar-refractivity contribution in [1.82, 2.24) is 15.1 Å². The summed E-state index contributed by atoms with van der Waals surface area (Å²) in [6.45, 7) is 11.2. The Morgan fingerprint density at radius 1 is 1.19 bits per heavy atom. The number of nitrogens with zero attached hydrogens (tertiary/aromatic N) is 3. The van der Waals surface area contributed by atoms with Crippen LogP contribution in [0.2, 0.25) is 0 Å². The maximum Gasteiger partial charge on any atom is 0.245 e. The molecule has 2 amide bonds. The summed E-state index contributed by atoms with van der Waals surface area (Å²) in [5.41, 5.74) is 0. The minimum Gasteiger partial charge on any atom is -0.341 e. The Kier molecular flexibility index (Phi) is 8.09. The molecule has 0 aliphatic carbocycles. The molecule has 0 aromatic carbocycles. The van der Waals surface area contributed by atoms with Crippen LogP contribution in [-0.2, 0) is 9.59 Å². The Balaban J connectivity index is 2.09. The van der Waals surface area contributed by atoms with E-state index in [1.54, 1.807) is 0 Å². The number of hydrogen-bond donors (Lipinski definition) is 1. The highest BCUT2D eigenvalue weighted by Crippen LogP contribution is 2.24. The van der Waals surface area contributed by atoms with Gasteiger partial charge < -0.3 is 15.1 Å². The van der Waals surface area contributed by atoms with Crippen molar-refractivity contribution in [2.45, 2.75) is 71.9 Å². The summed E-state index contributed by atoms with van der Waals surface area (Å²) < 4.78 is 0. The molecule has 0 spiro atoms. The van der Waals surface area contributed by atoms with Gasteiger partial charge in [-0.25, -0.2) is 0 Å². The molecule has 1 N–H and O–H groups in total. The van der Waals surface area contributed by atoms with Gasteiger partial charge in [0.05, 0.1) is 12.1 Å². The number of nitrogens with one attached hydrogen (secondary N) is 1. The third kappa shape index (κ3) is 5.93. The van der Waals surface area contributed by atoms with Crippen LogP contribution in [-0.4, -0.2) is 59.9 Å². The molecule has 0 aromatic heterocycles. The lowest BCUT2D eigenvalue weighted by atomic mass is 9.92. The largest absolute Gasteiger partial charge is 0.341 e. The van der Waals surface area contributed by atoms with Crippen molar-refractivity contribution in [1.29, 1.82) is 5.26 Å². The summed E-state index contributed by atoms with van der Waals surface area (Å²) in [4.78, 5) is 30.1. The van der Waals surface area contributed by atoms with Gasteiger partial charge in [-0.2, -0.15) is 5.26 Å². The van der Waals surface area contributed by atoms with Crippen LogP contribution < -0.4 is 5.32 Å². The molecule has 2 heterocycles. The summed E-state index contributed by atoms with van der Waals surface area (Å²) in [7, 11) is 0. The topological polar surface area (TPSA) is 76.4 Å². The van der Waals surface area contributed by atoms with Crippen molar-refractivity contribution in [3.63, 3.8) is 0 Å². The number of carbonyl (C=O) groups is 2. The lowest BCUT2D eigenvalue weighted by molar-refractivity contribution is -0.150. The number of nitriles is 1. The molecule has 2 rings (SSSR count). The first-order valence-electron chi connectivity index (χ1n) is 10.5. The molecule has 2 unspecified atom stereocenters. The van der Waals surface area contributed by atoms with E-state index in [2.05, 4.69) is 39.1 Å². The van der Waals surface area contributed by atoms with Gasteiger partial charge in [-0.05, 0) is 43.4 Å². The van der Waals surface area contributed by atoms with Gasteiger partial charge in [0.1, 0.15) is 6.04 Å². The van der Waals surface area contributed by atoms with E-state index in [-0.39, 0.29) is 23.9 Å². The van der Waals surface area contributed by atoms with Crippen LogP contribution in [0.3, 0.4) is 0 Å². The molecular formula is C21H36N4O2. The lowest BCUT2D eigenvalue weighted by Crippen LogP contribution is -2.62. The smallest absolute Gasteiger partial charge is 0.245 e. The fraction of sp³-hybridized carbons (Fsp3) is 0.857. The number of piperazine rings is 1. The zero-order valence-corrected chi connectivity index (χ0v) is 17.4. The molecule has 6 heteroatoms. The van der Waals surface area contributed by atoms with Gasteiger partial charge >= 0.3 is 0 Å². The number of carbonyl (C=O) groups excluding carboxylic acids is 2. The number of rotatable bonds is 7. The van der Waals surface area contributed by atoms with E-state index in [0.717, 1.165) is 25.8 Å². The van der Waals surface area contributed by atoms with E-state index >= 15 is 0 Å². The Morgan fingerprint density at radius 3 is 2.41 bits per heavy atom. The normalized spacial score (nSPS) is 23.0. The average molecular weight is 377 g/mol. The van der Waals surface area contributed by atoms with Crippen LogP contribution in [0.15, 0.2) is 0 Å². The lowest BCUT2D eigenvalue weighted by Gasteiger charge is -2.42. The summed E-state index contributed by atoms with van der Waals surface area (Å²) in [5.74, 6) is 1.36. The number of amides is 2. The predicted molar refractivity (Wildman–Crippen MR) is 106 cm³/mol. The van der Waals surface area contributed by atoms with Crippen molar-refractivity contribution < 1.29 is 9.59 Å². The highest BCUT2D eigenvalue weighted by molar-refractivity contribution is 5.90. The number of hydrogen-bond acceptors (Lipinski definition) is 4. The molecule has 2 saturated heterocycles. The Hall–Kier alpha value is -1.61. The van der Waals surface area contributed by atoms with Gasteiger partial charge in [0.15, 0.2) is 0 Å². The van der Waals surface area contributed by atoms with Gasteiger partial charge in [0, 0.05) is 32.6 Å². The zero-order chi connectivity index (χ0) is 20.0. The van der Waals surface area contributed by atoms with Gasteiger partial charge in [0.2, 0.25) is 11.8 Å². The van der Waals surface area contributed by atoms with Gasteiger partial charge in [0.25, 0.3) is 0 Å². The van der Waals surface area contributed by atoms with Crippen LogP contribution in [0, 0.1) is 29.1 Å². The van der Waals surface area contributed by atoms with Crippen molar-refractivity contribution in [2.24, 2.45) is 17.8 Å². The molecule has 2 aliphatic heterocycles. The van der Waals surface area contributed by atoms with Crippen LogP contribution >= 0.6 is 0 Å². The quantitative estimate of drug-likeness (QED) is 0.740. The molecule has 6 nitrogen and oxygen atoms in total. The summed E-state index contributed by atoms with van der Waals surface area (Å²) in [5, 5.41) is 12.2. The Morgan fingerprint density at radius 2 is 1.85 bits per heavy atom. The van der Waals surface area contributed by atoms with E-state index in [9.17, 15) is 9.59 Å². The fourth-order valence-corrected chi connectivity index (χ4v) is 4.23. The Bertz CT molecular complexity index is 547. The maximum absolute atomic E-state index is 13.3. The van der Waals surface area contributed by atoms with E-state index in [0.29, 0.717) is 50.2 Å². The first-order valence-corrected chi connectivity index (χ1v) is 10.5. The van der Waals surface area contributed by atoms with Crippen molar-refractivity contribution in [2.75, 3.05) is 26.2 Å². The van der Waals surface area contributed by atoms with Crippen LogP contribution in [0.5, 0.6) is 0 Å². The second-order valence-electron chi connectivity index (χ2n) is 8.94. The second-order valence-corrected chi connectivity index (χ2v) is 8.94. The zero-order valence-electron chi connectivity index (χ0n) is 17.4. The van der Waals surface area contributed by atoms with Gasteiger partial charge in [-0.15, -0.1) is 0 Å². The third-order valence-corrected chi connectivity index (χ3v) is 5.69. The Labute approximate surface area is 164 Å². The third-order valence-electron chi connectivity index (χ3n) is 5.69. The highest BCUT2D eigenvalue weighted by Gasteiger charge is 2.39. The monoisotopic (exact) mass is 376 g/mol. The molecule has 152 valence electrons. The number of likely N-dealkylation sites (tertiary alicyclic amines) is 1. The van der Waals surface area contributed by atoms with Crippen molar-refractivity contribution in [3.8, 4) is 6.07 Å².